The first-order valence-corrected chi connectivity index (χ1v) is 6.82. The Morgan fingerprint density at radius 2 is 1.91 bits per heavy atom. The lowest BCUT2D eigenvalue weighted by Gasteiger charge is -2.11. The molecule has 3 aromatic rings. The molecule has 0 unspecified atom stereocenters. The van der Waals surface area contributed by atoms with E-state index in [1.165, 1.54) is 31.4 Å². The van der Waals surface area contributed by atoms with Crippen LogP contribution in [-0.4, -0.2) is 23.3 Å². The zero-order chi connectivity index (χ0) is 16.2. The zero-order valence-electron chi connectivity index (χ0n) is 12.2. The van der Waals surface area contributed by atoms with Crippen LogP contribution in [0.15, 0.2) is 54.9 Å². The Morgan fingerprint density at radius 1 is 1.13 bits per heavy atom. The van der Waals surface area contributed by atoms with E-state index < -0.39 is 5.97 Å². The minimum atomic E-state index is -0.521. The number of carbonyl (C=O) groups is 1. The second kappa shape index (κ2) is 6.31. The van der Waals surface area contributed by atoms with Crippen molar-refractivity contribution in [2.75, 3.05) is 7.11 Å². The van der Waals surface area contributed by atoms with Gasteiger partial charge in [0, 0.05) is 11.8 Å². The standard InChI is InChI=1S/C17H13FN2O3/c1-22-17(21)15-8-11(12-9-19-20-10-12)2-7-16(15)23-14-5-3-13(18)4-6-14/h2-10H,1H3,(H,19,20). The average Bonchev–Trinajstić information content (AvgIpc) is 3.11. The highest BCUT2D eigenvalue weighted by atomic mass is 19.1. The van der Waals surface area contributed by atoms with E-state index in [1.807, 2.05) is 0 Å². The number of rotatable bonds is 4. The molecule has 1 N–H and O–H groups in total. The van der Waals surface area contributed by atoms with E-state index in [0.717, 1.165) is 11.1 Å². The van der Waals surface area contributed by atoms with Crippen molar-refractivity contribution in [3.8, 4) is 22.6 Å². The number of aromatic nitrogens is 2. The normalized spacial score (nSPS) is 10.3. The summed E-state index contributed by atoms with van der Waals surface area (Å²) in [7, 11) is 1.30. The van der Waals surface area contributed by atoms with Crippen molar-refractivity contribution in [2.45, 2.75) is 0 Å². The van der Waals surface area contributed by atoms with Gasteiger partial charge in [-0.15, -0.1) is 0 Å². The molecule has 116 valence electrons. The molecule has 3 rings (SSSR count). The smallest absolute Gasteiger partial charge is 0.341 e. The van der Waals surface area contributed by atoms with Gasteiger partial charge in [0.15, 0.2) is 0 Å². The third-order valence-electron chi connectivity index (χ3n) is 3.26. The Balaban J connectivity index is 1.98. The fourth-order valence-corrected chi connectivity index (χ4v) is 2.11. The van der Waals surface area contributed by atoms with Gasteiger partial charge in [-0.25, -0.2) is 9.18 Å². The van der Waals surface area contributed by atoms with Gasteiger partial charge in [-0.05, 0) is 42.0 Å². The number of benzene rings is 2. The third kappa shape index (κ3) is 3.21. The highest BCUT2D eigenvalue weighted by molar-refractivity contribution is 5.94. The molecule has 0 aliphatic rings. The molecule has 0 spiro atoms. The van der Waals surface area contributed by atoms with Gasteiger partial charge >= 0.3 is 5.97 Å². The minimum absolute atomic E-state index is 0.274. The minimum Gasteiger partial charge on any atom is -0.465 e. The Hall–Kier alpha value is -3.15. The number of carbonyl (C=O) groups excluding carboxylic acids is 1. The van der Waals surface area contributed by atoms with Crippen LogP contribution < -0.4 is 4.74 Å². The van der Waals surface area contributed by atoms with Crippen LogP contribution in [0, 0.1) is 5.82 Å². The van der Waals surface area contributed by atoms with Gasteiger partial charge < -0.3 is 9.47 Å². The quantitative estimate of drug-likeness (QED) is 0.744. The van der Waals surface area contributed by atoms with Crippen LogP contribution in [0.4, 0.5) is 4.39 Å². The largest absolute Gasteiger partial charge is 0.465 e. The number of ether oxygens (including phenoxy) is 2. The summed E-state index contributed by atoms with van der Waals surface area (Å²) < 4.78 is 23.4. The van der Waals surface area contributed by atoms with Crippen molar-refractivity contribution in [1.29, 1.82) is 0 Å². The summed E-state index contributed by atoms with van der Waals surface area (Å²) in [5.74, 6) is -0.128. The third-order valence-corrected chi connectivity index (χ3v) is 3.26. The Bertz CT molecular complexity index is 814. The number of H-pyrrole nitrogens is 1. The van der Waals surface area contributed by atoms with Crippen LogP contribution in [0.2, 0.25) is 0 Å². The molecule has 0 aliphatic heterocycles. The summed E-state index contributed by atoms with van der Waals surface area (Å²) in [6, 6.07) is 10.7. The number of methoxy groups -OCH3 is 1. The molecule has 0 fully saturated rings. The molecule has 1 aromatic heterocycles. The van der Waals surface area contributed by atoms with Crippen LogP contribution in [-0.2, 0) is 4.74 Å². The summed E-state index contributed by atoms with van der Waals surface area (Å²) in [4.78, 5) is 12.0. The first kappa shape index (κ1) is 14.8. The molecule has 6 heteroatoms. The van der Waals surface area contributed by atoms with E-state index in [9.17, 15) is 9.18 Å². The highest BCUT2D eigenvalue weighted by Crippen LogP contribution is 2.30. The van der Waals surface area contributed by atoms with Crippen LogP contribution in [0.1, 0.15) is 10.4 Å². The number of nitrogens with one attached hydrogen (secondary N) is 1. The molecule has 0 bridgehead atoms. The highest BCUT2D eigenvalue weighted by Gasteiger charge is 2.16. The van der Waals surface area contributed by atoms with E-state index in [1.54, 1.807) is 30.6 Å². The number of halogens is 1. The van der Waals surface area contributed by atoms with Crippen molar-refractivity contribution < 1.29 is 18.7 Å². The van der Waals surface area contributed by atoms with E-state index in [-0.39, 0.29) is 11.4 Å². The van der Waals surface area contributed by atoms with Gasteiger partial charge in [0.2, 0.25) is 0 Å². The molecule has 0 saturated carbocycles. The molecule has 0 saturated heterocycles. The van der Waals surface area contributed by atoms with E-state index in [0.29, 0.717) is 11.5 Å². The van der Waals surface area contributed by atoms with Gasteiger partial charge in [-0.3, -0.25) is 5.10 Å². The van der Waals surface area contributed by atoms with Gasteiger partial charge in [-0.1, -0.05) is 6.07 Å². The fraction of sp³-hybridized carbons (Fsp3) is 0.0588. The summed E-state index contributed by atoms with van der Waals surface area (Å²) in [5.41, 5.74) is 1.91. The monoisotopic (exact) mass is 312 g/mol. The van der Waals surface area contributed by atoms with E-state index in [2.05, 4.69) is 10.2 Å². The number of hydrogen-bond acceptors (Lipinski definition) is 4. The van der Waals surface area contributed by atoms with E-state index in [4.69, 9.17) is 9.47 Å². The molecule has 0 aliphatic carbocycles. The van der Waals surface area contributed by atoms with Crippen molar-refractivity contribution in [3.05, 3.63) is 66.2 Å². The Morgan fingerprint density at radius 3 is 2.57 bits per heavy atom. The molecule has 0 radical (unpaired) electrons. The van der Waals surface area contributed by atoms with Gasteiger partial charge in [0.1, 0.15) is 22.9 Å². The second-order valence-corrected chi connectivity index (χ2v) is 4.75. The maximum absolute atomic E-state index is 13.0. The lowest BCUT2D eigenvalue weighted by molar-refractivity contribution is 0.0598. The molecule has 1 heterocycles. The summed E-state index contributed by atoms with van der Waals surface area (Å²) in [5, 5.41) is 6.60. The predicted octanol–water partition coefficient (Wildman–Crippen LogP) is 3.79. The van der Waals surface area contributed by atoms with Gasteiger partial charge in [0.25, 0.3) is 0 Å². The van der Waals surface area contributed by atoms with Gasteiger partial charge in [0.05, 0.1) is 13.3 Å². The topological polar surface area (TPSA) is 64.2 Å². The van der Waals surface area contributed by atoms with Crippen molar-refractivity contribution >= 4 is 5.97 Å². The zero-order valence-corrected chi connectivity index (χ0v) is 12.2. The number of aromatic amines is 1. The fourth-order valence-electron chi connectivity index (χ4n) is 2.11. The first-order valence-electron chi connectivity index (χ1n) is 6.82. The average molecular weight is 312 g/mol. The lowest BCUT2D eigenvalue weighted by Crippen LogP contribution is -2.04. The second-order valence-electron chi connectivity index (χ2n) is 4.75. The first-order chi connectivity index (χ1) is 11.2. The molecular weight excluding hydrogens is 299 g/mol. The summed E-state index contributed by atoms with van der Waals surface area (Å²) in [6.07, 6.45) is 3.37. The number of esters is 1. The SMILES string of the molecule is COC(=O)c1cc(-c2cn[nH]c2)ccc1Oc1ccc(F)cc1. The molecule has 0 amide bonds. The lowest BCUT2D eigenvalue weighted by atomic mass is 10.1. The predicted molar refractivity (Wildman–Crippen MR) is 81.8 cm³/mol. The molecule has 2 aromatic carbocycles. The maximum atomic E-state index is 13.0. The maximum Gasteiger partial charge on any atom is 0.341 e. The van der Waals surface area contributed by atoms with Crippen LogP contribution in [0.25, 0.3) is 11.1 Å². The van der Waals surface area contributed by atoms with Gasteiger partial charge in [-0.2, -0.15) is 5.10 Å². The van der Waals surface area contributed by atoms with Crippen molar-refractivity contribution in [1.82, 2.24) is 10.2 Å². The van der Waals surface area contributed by atoms with Crippen molar-refractivity contribution in [3.63, 3.8) is 0 Å². The van der Waals surface area contributed by atoms with Crippen molar-refractivity contribution in [2.24, 2.45) is 0 Å². The number of nitrogens with zero attached hydrogens (tertiary/aromatic N) is 1. The van der Waals surface area contributed by atoms with Crippen LogP contribution in [0.3, 0.4) is 0 Å². The Kier molecular flexibility index (Phi) is 4.05. The molecule has 0 atom stereocenters. The van der Waals surface area contributed by atoms with Crippen LogP contribution >= 0.6 is 0 Å². The van der Waals surface area contributed by atoms with E-state index >= 15 is 0 Å². The number of hydrogen-bond donors (Lipinski definition) is 1. The molecular formula is C17H13FN2O3. The summed E-state index contributed by atoms with van der Waals surface area (Å²) in [6.45, 7) is 0. The Labute approximate surface area is 131 Å². The summed E-state index contributed by atoms with van der Waals surface area (Å²) >= 11 is 0. The molecule has 23 heavy (non-hydrogen) atoms. The molecule has 5 nitrogen and oxygen atoms in total. The van der Waals surface area contributed by atoms with Crippen LogP contribution in [0.5, 0.6) is 11.5 Å².